The van der Waals surface area contributed by atoms with Gasteiger partial charge in [-0.15, -0.1) is 0 Å². The second-order valence-electron chi connectivity index (χ2n) is 4.89. The van der Waals surface area contributed by atoms with Crippen LogP contribution in [-0.2, 0) is 0 Å². The van der Waals surface area contributed by atoms with Gasteiger partial charge in [0.05, 0.1) is 23.7 Å². The maximum atomic E-state index is 12.2. The van der Waals surface area contributed by atoms with E-state index in [-0.39, 0.29) is 17.1 Å². The zero-order chi connectivity index (χ0) is 16.2. The minimum atomic E-state index is -0.288. The molecule has 0 aliphatic rings. The van der Waals surface area contributed by atoms with E-state index in [1.54, 1.807) is 24.5 Å². The van der Waals surface area contributed by atoms with Gasteiger partial charge in [0.2, 0.25) is 0 Å². The highest BCUT2D eigenvalue weighted by Gasteiger charge is 2.09. The third-order valence-electron chi connectivity index (χ3n) is 3.39. The molecule has 23 heavy (non-hydrogen) atoms. The molecule has 1 N–H and O–H groups in total. The van der Waals surface area contributed by atoms with Gasteiger partial charge in [0, 0.05) is 18.5 Å². The van der Waals surface area contributed by atoms with E-state index >= 15 is 0 Å². The van der Waals surface area contributed by atoms with Gasteiger partial charge in [-0.25, -0.2) is 0 Å². The molecule has 1 aromatic heterocycles. The number of carbonyl (C=O) groups is 1. The summed E-state index contributed by atoms with van der Waals surface area (Å²) >= 11 is 0. The fourth-order valence-electron chi connectivity index (χ4n) is 2.19. The summed E-state index contributed by atoms with van der Waals surface area (Å²) in [6.45, 7) is 0. The van der Waals surface area contributed by atoms with Crippen molar-refractivity contribution in [3.05, 3.63) is 66.0 Å². The Balaban J connectivity index is 1.84. The van der Waals surface area contributed by atoms with E-state index in [2.05, 4.69) is 9.97 Å². The number of ketones is 1. The van der Waals surface area contributed by atoms with E-state index in [0.29, 0.717) is 5.75 Å². The molecule has 0 amide bonds. The molecule has 0 aliphatic carbocycles. The lowest BCUT2D eigenvalue weighted by Gasteiger charge is -2.04. The molecular formula is C18H14N2O3. The van der Waals surface area contributed by atoms with Crippen molar-refractivity contribution in [1.82, 2.24) is 9.97 Å². The van der Waals surface area contributed by atoms with Gasteiger partial charge in [0.15, 0.2) is 5.78 Å². The zero-order valence-electron chi connectivity index (χ0n) is 12.4. The lowest BCUT2D eigenvalue weighted by atomic mass is 10.1. The summed E-state index contributed by atoms with van der Waals surface area (Å²) in [6, 6.07) is 10.1. The lowest BCUT2D eigenvalue weighted by molar-refractivity contribution is 0.104. The minimum Gasteiger partial charge on any atom is -0.507 e. The summed E-state index contributed by atoms with van der Waals surface area (Å²) < 4.78 is 5.00. The normalized spacial score (nSPS) is 11.0. The van der Waals surface area contributed by atoms with Crippen molar-refractivity contribution in [2.75, 3.05) is 7.11 Å². The van der Waals surface area contributed by atoms with Crippen LogP contribution < -0.4 is 4.74 Å². The van der Waals surface area contributed by atoms with Crippen molar-refractivity contribution in [2.45, 2.75) is 0 Å². The Kier molecular flexibility index (Phi) is 4.01. The summed E-state index contributed by atoms with van der Waals surface area (Å²) in [7, 11) is 1.50. The second kappa shape index (κ2) is 6.27. The van der Waals surface area contributed by atoms with Crippen molar-refractivity contribution < 1.29 is 14.6 Å². The first-order valence-electron chi connectivity index (χ1n) is 6.97. The van der Waals surface area contributed by atoms with Gasteiger partial charge in [0.1, 0.15) is 11.5 Å². The van der Waals surface area contributed by atoms with E-state index in [1.807, 2.05) is 18.2 Å². The number of benzene rings is 2. The molecule has 0 saturated heterocycles. The molecule has 3 aromatic rings. The number of allylic oxidation sites excluding steroid dienone is 1. The molecule has 1 heterocycles. The third-order valence-corrected chi connectivity index (χ3v) is 3.39. The van der Waals surface area contributed by atoms with Crippen molar-refractivity contribution in [1.29, 1.82) is 0 Å². The van der Waals surface area contributed by atoms with Crippen LogP contribution in [0.5, 0.6) is 11.5 Å². The summed E-state index contributed by atoms with van der Waals surface area (Å²) in [6.07, 6.45) is 6.35. The van der Waals surface area contributed by atoms with E-state index < -0.39 is 0 Å². The van der Waals surface area contributed by atoms with Crippen LogP contribution in [0, 0.1) is 0 Å². The number of rotatable bonds is 4. The number of fused-ring (bicyclic) bond motifs is 1. The van der Waals surface area contributed by atoms with E-state index in [1.165, 1.54) is 25.3 Å². The fourth-order valence-corrected chi connectivity index (χ4v) is 2.19. The molecule has 0 bridgehead atoms. The van der Waals surface area contributed by atoms with Crippen LogP contribution in [0.1, 0.15) is 15.9 Å². The Morgan fingerprint density at radius 1 is 1.09 bits per heavy atom. The Labute approximate surface area is 132 Å². The van der Waals surface area contributed by atoms with Crippen molar-refractivity contribution in [3.63, 3.8) is 0 Å². The Morgan fingerprint density at radius 3 is 2.61 bits per heavy atom. The van der Waals surface area contributed by atoms with Crippen LogP contribution in [0.15, 0.2) is 54.9 Å². The Morgan fingerprint density at radius 2 is 1.87 bits per heavy atom. The minimum absolute atomic E-state index is 0.108. The predicted molar refractivity (Wildman–Crippen MR) is 87.6 cm³/mol. The summed E-state index contributed by atoms with van der Waals surface area (Å²) in [4.78, 5) is 20.6. The summed E-state index contributed by atoms with van der Waals surface area (Å²) in [5.41, 5.74) is 2.61. The lowest BCUT2D eigenvalue weighted by Crippen LogP contribution is -1.95. The SMILES string of the molecule is COc1ccc(C(=O)/C=C/c2ccc3nccnc3c2)c(O)c1. The van der Waals surface area contributed by atoms with Crippen LogP contribution in [0.3, 0.4) is 0 Å². The van der Waals surface area contributed by atoms with E-state index in [0.717, 1.165) is 16.6 Å². The Hall–Kier alpha value is -3.21. The van der Waals surface area contributed by atoms with Crippen LogP contribution in [0.2, 0.25) is 0 Å². The Bertz CT molecular complexity index is 904. The first kappa shape index (κ1) is 14.7. The summed E-state index contributed by atoms with van der Waals surface area (Å²) in [5, 5.41) is 9.88. The molecule has 0 atom stereocenters. The van der Waals surface area contributed by atoms with Gasteiger partial charge in [0.25, 0.3) is 0 Å². The van der Waals surface area contributed by atoms with Crippen LogP contribution in [0.25, 0.3) is 17.1 Å². The van der Waals surface area contributed by atoms with Crippen molar-refractivity contribution in [2.24, 2.45) is 0 Å². The van der Waals surface area contributed by atoms with Gasteiger partial charge in [-0.05, 0) is 35.9 Å². The molecule has 5 heteroatoms. The first-order valence-corrected chi connectivity index (χ1v) is 6.97. The number of hydrogen-bond acceptors (Lipinski definition) is 5. The number of aromatic nitrogens is 2. The number of aromatic hydroxyl groups is 1. The number of ether oxygens (including phenoxy) is 1. The average Bonchev–Trinajstić information content (AvgIpc) is 2.59. The third kappa shape index (κ3) is 3.18. The smallest absolute Gasteiger partial charge is 0.189 e. The van der Waals surface area contributed by atoms with Crippen molar-refractivity contribution in [3.8, 4) is 11.5 Å². The van der Waals surface area contributed by atoms with Crippen LogP contribution in [0.4, 0.5) is 0 Å². The number of phenolic OH excluding ortho intramolecular Hbond substituents is 1. The highest BCUT2D eigenvalue weighted by molar-refractivity contribution is 6.08. The highest BCUT2D eigenvalue weighted by atomic mass is 16.5. The zero-order valence-corrected chi connectivity index (χ0v) is 12.4. The molecule has 5 nitrogen and oxygen atoms in total. The van der Waals surface area contributed by atoms with Gasteiger partial charge in [-0.1, -0.05) is 12.1 Å². The standard InChI is InChI=1S/C18H14N2O3/c1-23-13-4-5-14(18(22)11-13)17(21)7-3-12-2-6-15-16(10-12)20-9-8-19-15/h2-11,22H,1H3/b7-3+. The van der Waals surface area contributed by atoms with E-state index in [9.17, 15) is 9.90 Å². The molecular weight excluding hydrogens is 292 g/mol. The maximum Gasteiger partial charge on any atom is 0.189 e. The molecule has 3 rings (SSSR count). The fraction of sp³-hybridized carbons (Fsp3) is 0.0556. The number of carbonyl (C=O) groups excluding carboxylic acids is 1. The van der Waals surface area contributed by atoms with Gasteiger partial charge >= 0.3 is 0 Å². The highest BCUT2D eigenvalue weighted by Crippen LogP contribution is 2.24. The molecule has 0 aliphatic heterocycles. The molecule has 0 spiro atoms. The largest absolute Gasteiger partial charge is 0.507 e. The quantitative estimate of drug-likeness (QED) is 0.592. The molecule has 0 radical (unpaired) electrons. The van der Waals surface area contributed by atoms with Gasteiger partial charge < -0.3 is 9.84 Å². The first-order chi connectivity index (χ1) is 11.2. The second-order valence-corrected chi connectivity index (χ2v) is 4.89. The molecule has 0 unspecified atom stereocenters. The molecule has 0 fully saturated rings. The van der Waals surface area contributed by atoms with Gasteiger partial charge in [-0.2, -0.15) is 0 Å². The van der Waals surface area contributed by atoms with Crippen LogP contribution >= 0.6 is 0 Å². The number of phenols is 1. The number of nitrogens with zero attached hydrogens (tertiary/aromatic N) is 2. The average molecular weight is 306 g/mol. The van der Waals surface area contributed by atoms with Gasteiger partial charge in [-0.3, -0.25) is 14.8 Å². The topological polar surface area (TPSA) is 72.3 Å². The van der Waals surface area contributed by atoms with Crippen LogP contribution in [-0.4, -0.2) is 28.0 Å². The van der Waals surface area contributed by atoms with E-state index in [4.69, 9.17) is 4.74 Å². The molecule has 2 aromatic carbocycles. The predicted octanol–water partition coefficient (Wildman–Crippen LogP) is 3.24. The summed E-state index contributed by atoms with van der Waals surface area (Å²) in [5.74, 6) is 0.101. The number of methoxy groups -OCH3 is 1. The molecule has 114 valence electrons. The number of hydrogen-bond donors (Lipinski definition) is 1. The monoisotopic (exact) mass is 306 g/mol. The molecule has 0 saturated carbocycles. The maximum absolute atomic E-state index is 12.2. The van der Waals surface area contributed by atoms with Crippen molar-refractivity contribution >= 4 is 22.9 Å².